The van der Waals surface area contributed by atoms with E-state index in [9.17, 15) is 9.59 Å². The maximum absolute atomic E-state index is 12.7. The van der Waals surface area contributed by atoms with Gasteiger partial charge in [0.05, 0.1) is 12.2 Å². The standard InChI is InChI=1S/C25H24BrN3O3S/c1-3-13-32-22-12-7-18(26)15-21(22)24(31)29-25(33)28-20-10-8-19(9-11-20)27-23(30)17-6-4-5-16(2)14-17/h4-12,14-15H,3,13H2,1-2H3,(H,27,30)(H2,28,29,31,33). The Kier molecular flexibility index (Phi) is 8.57. The first-order valence-corrected chi connectivity index (χ1v) is 11.6. The number of carbonyl (C=O) groups excluding carboxylic acids is 2. The number of rotatable bonds is 7. The van der Waals surface area contributed by atoms with Crippen LogP contribution in [-0.4, -0.2) is 23.5 Å². The van der Waals surface area contributed by atoms with Gasteiger partial charge in [0.25, 0.3) is 11.8 Å². The molecule has 2 amide bonds. The number of hydrogen-bond acceptors (Lipinski definition) is 4. The molecular formula is C25H24BrN3O3S. The third kappa shape index (κ3) is 7.13. The lowest BCUT2D eigenvalue weighted by atomic mass is 10.1. The molecule has 0 aliphatic heterocycles. The lowest BCUT2D eigenvalue weighted by molar-refractivity contribution is 0.0972. The van der Waals surface area contributed by atoms with Crippen LogP contribution in [0.4, 0.5) is 11.4 Å². The van der Waals surface area contributed by atoms with Gasteiger partial charge in [-0.2, -0.15) is 0 Å². The van der Waals surface area contributed by atoms with Crippen molar-refractivity contribution in [1.29, 1.82) is 0 Å². The number of nitrogens with one attached hydrogen (secondary N) is 3. The highest BCUT2D eigenvalue weighted by molar-refractivity contribution is 9.10. The van der Waals surface area contributed by atoms with E-state index in [4.69, 9.17) is 17.0 Å². The SMILES string of the molecule is CCCOc1ccc(Br)cc1C(=O)NC(=S)Nc1ccc(NC(=O)c2cccc(C)c2)cc1. The largest absolute Gasteiger partial charge is 0.493 e. The predicted octanol–water partition coefficient (Wildman–Crippen LogP) is 5.93. The van der Waals surface area contributed by atoms with Crippen LogP contribution in [0.3, 0.4) is 0 Å². The van der Waals surface area contributed by atoms with Crippen LogP contribution in [0.5, 0.6) is 5.75 Å². The molecule has 0 spiro atoms. The van der Waals surface area contributed by atoms with E-state index in [1.165, 1.54) is 0 Å². The van der Waals surface area contributed by atoms with Crippen LogP contribution in [0.15, 0.2) is 71.2 Å². The van der Waals surface area contributed by atoms with Crippen LogP contribution in [0.2, 0.25) is 0 Å². The minimum absolute atomic E-state index is 0.151. The molecule has 0 aromatic heterocycles. The summed E-state index contributed by atoms with van der Waals surface area (Å²) in [5.41, 5.74) is 3.32. The molecule has 3 rings (SSSR count). The van der Waals surface area contributed by atoms with Crippen molar-refractivity contribution in [3.63, 3.8) is 0 Å². The van der Waals surface area contributed by atoms with E-state index in [1.807, 2.05) is 38.1 Å². The number of amides is 2. The van der Waals surface area contributed by atoms with Gasteiger partial charge in [0.2, 0.25) is 0 Å². The fraction of sp³-hybridized carbons (Fsp3) is 0.160. The van der Waals surface area contributed by atoms with Gasteiger partial charge >= 0.3 is 0 Å². The summed E-state index contributed by atoms with van der Waals surface area (Å²) in [6.07, 6.45) is 0.832. The van der Waals surface area contributed by atoms with Gasteiger partial charge in [0.15, 0.2) is 5.11 Å². The quantitative estimate of drug-likeness (QED) is 0.333. The lowest BCUT2D eigenvalue weighted by Crippen LogP contribution is -2.34. The summed E-state index contributed by atoms with van der Waals surface area (Å²) in [5, 5.41) is 8.66. The number of anilines is 2. The molecule has 0 bridgehead atoms. The summed E-state index contributed by atoms with van der Waals surface area (Å²) in [6.45, 7) is 4.45. The van der Waals surface area contributed by atoms with E-state index < -0.39 is 0 Å². The molecule has 0 atom stereocenters. The summed E-state index contributed by atoms with van der Waals surface area (Å²) >= 11 is 8.67. The fourth-order valence-electron chi connectivity index (χ4n) is 2.98. The third-order valence-corrected chi connectivity index (χ3v) is 5.25. The van der Waals surface area contributed by atoms with Gasteiger partial charge in [0.1, 0.15) is 5.75 Å². The minimum atomic E-state index is -0.373. The van der Waals surface area contributed by atoms with E-state index >= 15 is 0 Å². The number of halogens is 1. The Morgan fingerprint density at radius 1 is 0.939 bits per heavy atom. The Labute approximate surface area is 206 Å². The van der Waals surface area contributed by atoms with Crippen LogP contribution in [-0.2, 0) is 0 Å². The molecule has 8 heteroatoms. The highest BCUT2D eigenvalue weighted by Gasteiger charge is 2.15. The van der Waals surface area contributed by atoms with E-state index in [2.05, 4.69) is 31.9 Å². The van der Waals surface area contributed by atoms with Crippen LogP contribution >= 0.6 is 28.1 Å². The number of aryl methyl sites for hydroxylation is 1. The van der Waals surface area contributed by atoms with Crippen molar-refractivity contribution in [1.82, 2.24) is 5.32 Å². The average molecular weight is 526 g/mol. The molecule has 0 unspecified atom stereocenters. The number of benzene rings is 3. The predicted molar refractivity (Wildman–Crippen MR) is 139 cm³/mol. The van der Waals surface area contributed by atoms with Gasteiger partial charge in [0, 0.05) is 21.4 Å². The topological polar surface area (TPSA) is 79.5 Å². The zero-order valence-corrected chi connectivity index (χ0v) is 20.7. The van der Waals surface area contributed by atoms with Gasteiger partial charge in [-0.25, -0.2) is 0 Å². The van der Waals surface area contributed by atoms with Crippen molar-refractivity contribution in [2.45, 2.75) is 20.3 Å². The molecule has 0 heterocycles. The van der Waals surface area contributed by atoms with Gasteiger partial charge in [-0.1, -0.05) is 40.5 Å². The van der Waals surface area contributed by atoms with Crippen LogP contribution in [0.25, 0.3) is 0 Å². The first-order valence-electron chi connectivity index (χ1n) is 10.4. The molecule has 3 aromatic rings. The Morgan fingerprint density at radius 3 is 2.30 bits per heavy atom. The zero-order chi connectivity index (χ0) is 23.8. The molecule has 170 valence electrons. The Morgan fingerprint density at radius 2 is 1.64 bits per heavy atom. The number of carbonyl (C=O) groups is 2. The fourth-order valence-corrected chi connectivity index (χ4v) is 3.55. The highest BCUT2D eigenvalue weighted by atomic mass is 79.9. The molecule has 0 saturated carbocycles. The zero-order valence-electron chi connectivity index (χ0n) is 18.3. The Balaban J connectivity index is 1.59. The van der Waals surface area contributed by atoms with E-state index in [1.54, 1.807) is 42.5 Å². The van der Waals surface area contributed by atoms with Crippen molar-refractivity contribution in [3.05, 3.63) is 87.9 Å². The van der Waals surface area contributed by atoms with Crippen molar-refractivity contribution in [2.75, 3.05) is 17.2 Å². The van der Waals surface area contributed by atoms with Crippen molar-refractivity contribution >= 4 is 56.4 Å². The maximum atomic E-state index is 12.7. The minimum Gasteiger partial charge on any atom is -0.493 e. The molecule has 0 saturated heterocycles. The molecular weight excluding hydrogens is 502 g/mol. The number of ether oxygens (including phenoxy) is 1. The second kappa shape index (κ2) is 11.6. The Hall–Kier alpha value is -3.23. The second-order valence-corrected chi connectivity index (χ2v) is 8.62. The summed E-state index contributed by atoms with van der Waals surface area (Å²) in [7, 11) is 0. The van der Waals surface area contributed by atoms with Gasteiger partial charge < -0.3 is 15.4 Å². The molecule has 0 aliphatic carbocycles. The molecule has 0 fully saturated rings. The molecule has 0 radical (unpaired) electrons. The molecule has 3 N–H and O–H groups in total. The smallest absolute Gasteiger partial charge is 0.261 e. The van der Waals surface area contributed by atoms with Crippen molar-refractivity contribution in [3.8, 4) is 5.75 Å². The number of thiocarbonyl (C=S) groups is 1. The summed E-state index contributed by atoms with van der Waals surface area (Å²) in [6, 6.07) is 19.7. The van der Waals surface area contributed by atoms with Crippen LogP contribution in [0.1, 0.15) is 39.6 Å². The second-order valence-electron chi connectivity index (χ2n) is 7.30. The molecule has 3 aromatic carbocycles. The normalized spacial score (nSPS) is 10.3. The summed E-state index contributed by atoms with van der Waals surface area (Å²) < 4.78 is 6.43. The molecule has 6 nitrogen and oxygen atoms in total. The first-order chi connectivity index (χ1) is 15.9. The molecule has 0 aliphatic rings. The summed E-state index contributed by atoms with van der Waals surface area (Å²) in [4.78, 5) is 25.1. The number of hydrogen-bond donors (Lipinski definition) is 3. The van der Waals surface area contributed by atoms with Crippen LogP contribution in [0, 0.1) is 6.92 Å². The maximum Gasteiger partial charge on any atom is 0.261 e. The molecule has 33 heavy (non-hydrogen) atoms. The van der Waals surface area contributed by atoms with E-state index in [0.29, 0.717) is 34.9 Å². The summed E-state index contributed by atoms with van der Waals surface area (Å²) in [5.74, 6) is -0.0618. The lowest BCUT2D eigenvalue weighted by Gasteiger charge is -2.13. The highest BCUT2D eigenvalue weighted by Crippen LogP contribution is 2.23. The van der Waals surface area contributed by atoms with E-state index in [0.717, 1.165) is 16.5 Å². The van der Waals surface area contributed by atoms with Crippen molar-refractivity contribution in [2.24, 2.45) is 0 Å². The van der Waals surface area contributed by atoms with Crippen molar-refractivity contribution < 1.29 is 14.3 Å². The first kappa shape index (κ1) is 24.4. The Bertz CT molecular complexity index is 1170. The third-order valence-electron chi connectivity index (χ3n) is 4.56. The monoisotopic (exact) mass is 525 g/mol. The van der Waals surface area contributed by atoms with Crippen LogP contribution < -0.4 is 20.7 Å². The van der Waals surface area contributed by atoms with Gasteiger partial charge in [-0.05, 0) is 80.2 Å². The van der Waals surface area contributed by atoms with Gasteiger partial charge in [-0.3, -0.25) is 14.9 Å². The van der Waals surface area contributed by atoms with E-state index in [-0.39, 0.29) is 16.9 Å². The average Bonchev–Trinajstić information content (AvgIpc) is 2.79. The van der Waals surface area contributed by atoms with Gasteiger partial charge in [-0.15, -0.1) is 0 Å².